The molecule has 0 saturated heterocycles. The van der Waals surface area contributed by atoms with Gasteiger partial charge in [0.2, 0.25) is 0 Å². The summed E-state index contributed by atoms with van der Waals surface area (Å²) in [5.41, 5.74) is 6.59. The fourth-order valence-corrected chi connectivity index (χ4v) is 4.37. The number of methoxy groups -OCH3 is 3. The van der Waals surface area contributed by atoms with Gasteiger partial charge in [0.15, 0.2) is 11.5 Å². The second-order valence-corrected chi connectivity index (χ2v) is 8.05. The molecule has 0 saturated carbocycles. The van der Waals surface area contributed by atoms with Gasteiger partial charge in [0.05, 0.1) is 32.7 Å². The highest BCUT2D eigenvalue weighted by molar-refractivity contribution is 5.74. The Hall–Kier alpha value is -3.77. The lowest BCUT2D eigenvalue weighted by Crippen LogP contribution is -2.15. The number of imidazole rings is 1. The summed E-state index contributed by atoms with van der Waals surface area (Å²) in [7, 11) is 5.03. The minimum absolute atomic E-state index is 0.781. The van der Waals surface area contributed by atoms with Crippen molar-refractivity contribution >= 4 is 11.7 Å². The number of rotatable bonds is 7. The molecule has 3 heterocycles. The van der Waals surface area contributed by atoms with E-state index in [0.717, 1.165) is 59.5 Å². The predicted molar refractivity (Wildman–Crippen MR) is 130 cm³/mol. The number of hydrogen-bond acceptors (Lipinski definition) is 5. The largest absolute Gasteiger partial charge is 0.497 e. The summed E-state index contributed by atoms with van der Waals surface area (Å²) in [6.07, 6.45) is 6.44. The highest BCUT2D eigenvalue weighted by Crippen LogP contribution is 2.35. The van der Waals surface area contributed by atoms with Gasteiger partial charge in [-0.05, 0) is 65.7 Å². The van der Waals surface area contributed by atoms with E-state index in [1.807, 2.05) is 30.3 Å². The molecule has 6 nitrogen and oxygen atoms in total. The van der Waals surface area contributed by atoms with Gasteiger partial charge >= 0.3 is 0 Å². The number of benzene rings is 2. The molecule has 168 valence electrons. The summed E-state index contributed by atoms with van der Waals surface area (Å²) in [5.74, 6) is 2.40. The first-order chi connectivity index (χ1) is 16.2. The van der Waals surface area contributed by atoms with Gasteiger partial charge in [0.1, 0.15) is 11.4 Å². The number of pyridine rings is 1. The molecule has 2 aromatic heterocycles. The van der Waals surface area contributed by atoms with Crippen molar-refractivity contribution in [3.05, 3.63) is 83.7 Å². The third kappa shape index (κ3) is 4.05. The normalized spacial score (nSPS) is 13.5. The summed E-state index contributed by atoms with van der Waals surface area (Å²) >= 11 is 0. The minimum Gasteiger partial charge on any atom is -0.497 e. The molecule has 0 atom stereocenters. The van der Waals surface area contributed by atoms with Crippen molar-refractivity contribution in [2.24, 2.45) is 0 Å². The molecule has 33 heavy (non-hydrogen) atoms. The number of ether oxygens (including phenoxy) is 3. The van der Waals surface area contributed by atoms with E-state index in [9.17, 15) is 0 Å². The molecule has 0 amide bonds. The number of aromatic nitrogens is 2. The monoisotopic (exact) mass is 441 g/mol. The maximum absolute atomic E-state index is 5.46. The Morgan fingerprint density at radius 1 is 0.879 bits per heavy atom. The fourth-order valence-electron chi connectivity index (χ4n) is 4.37. The van der Waals surface area contributed by atoms with E-state index in [4.69, 9.17) is 19.2 Å². The van der Waals surface area contributed by atoms with Crippen LogP contribution in [-0.4, -0.2) is 42.2 Å². The Morgan fingerprint density at radius 3 is 2.21 bits per heavy atom. The van der Waals surface area contributed by atoms with Gasteiger partial charge in [-0.1, -0.05) is 12.1 Å². The molecule has 0 unspecified atom stereocenters. The molecule has 1 aliphatic heterocycles. The maximum Gasteiger partial charge on any atom is 0.161 e. The Kier molecular flexibility index (Phi) is 5.75. The first-order valence-corrected chi connectivity index (χ1v) is 10.9. The third-order valence-electron chi connectivity index (χ3n) is 6.06. The van der Waals surface area contributed by atoms with Crippen LogP contribution in [-0.2, 0) is 13.1 Å². The smallest absolute Gasteiger partial charge is 0.161 e. The lowest BCUT2D eigenvalue weighted by molar-refractivity contribution is 0.317. The summed E-state index contributed by atoms with van der Waals surface area (Å²) < 4.78 is 18.4. The van der Waals surface area contributed by atoms with Crippen LogP contribution >= 0.6 is 0 Å². The molecule has 0 fully saturated rings. The molecule has 5 rings (SSSR count). The highest BCUT2D eigenvalue weighted by atomic mass is 16.5. The van der Waals surface area contributed by atoms with E-state index in [1.54, 1.807) is 21.3 Å². The molecule has 4 aromatic rings. The lowest BCUT2D eigenvalue weighted by atomic mass is 10.1. The Labute approximate surface area is 193 Å². The van der Waals surface area contributed by atoms with Gasteiger partial charge in [0.25, 0.3) is 0 Å². The van der Waals surface area contributed by atoms with Crippen LogP contribution in [0.4, 0.5) is 0 Å². The van der Waals surface area contributed by atoms with Crippen molar-refractivity contribution in [1.82, 2.24) is 14.3 Å². The van der Waals surface area contributed by atoms with Gasteiger partial charge in [-0.25, -0.2) is 4.98 Å². The van der Waals surface area contributed by atoms with Crippen molar-refractivity contribution in [2.45, 2.75) is 13.1 Å². The molecule has 0 spiro atoms. The summed E-state index contributed by atoms with van der Waals surface area (Å²) in [4.78, 5) is 7.29. The van der Waals surface area contributed by atoms with Crippen LogP contribution in [0.15, 0.2) is 66.9 Å². The van der Waals surface area contributed by atoms with E-state index in [2.05, 4.69) is 51.9 Å². The summed E-state index contributed by atoms with van der Waals surface area (Å²) in [5, 5.41) is 0. The lowest BCUT2D eigenvalue weighted by Gasteiger charge is -2.11. The highest BCUT2D eigenvalue weighted by Gasteiger charge is 2.21. The first-order valence-electron chi connectivity index (χ1n) is 10.9. The standard InChI is InChI=1S/C27H27N3O3/c1-31-22-11-9-19(10-12-22)27-23(30-14-5-4-8-26(30)28-27)7-6-13-29-17-20-15-24(32-2)25(33-3)16-21(20)18-29/h4-12,14-16H,13,17-18H2,1-3H3/b7-6+. The first kappa shape index (κ1) is 21.1. The van der Waals surface area contributed by atoms with Gasteiger partial charge in [-0.15, -0.1) is 0 Å². The second-order valence-electron chi connectivity index (χ2n) is 8.05. The van der Waals surface area contributed by atoms with E-state index in [-0.39, 0.29) is 0 Å². The zero-order chi connectivity index (χ0) is 22.8. The van der Waals surface area contributed by atoms with Crippen LogP contribution < -0.4 is 14.2 Å². The maximum atomic E-state index is 5.46. The molecule has 0 radical (unpaired) electrons. The fraction of sp³-hybridized carbons (Fsp3) is 0.222. The second kappa shape index (κ2) is 9.00. The van der Waals surface area contributed by atoms with Crippen LogP contribution in [0.2, 0.25) is 0 Å². The molecule has 2 aromatic carbocycles. The average molecular weight is 442 g/mol. The zero-order valence-electron chi connectivity index (χ0n) is 19.1. The van der Waals surface area contributed by atoms with Crippen molar-refractivity contribution in [2.75, 3.05) is 27.9 Å². The minimum atomic E-state index is 0.781. The van der Waals surface area contributed by atoms with Crippen LogP contribution in [0.5, 0.6) is 17.2 Å². The van der Waals surface area contributed by atoms with E-state index >= 15 is 0 Å². The van der Waals surface area contributed by atoms with Crippen LogP contribution in [0.25, 0.3) is 23.0 Å². The number of nitrogens with zero attached hydrogens (tertiary/aromatic N) is 3. The van der Waals surface area contributed by atoms with Crippen LogP contribution in [0.1, 0.15) is 16.8 Å². The molecular formula is C27H27N3O3. The zero-order valence-corrected chi connectivity index (χ0v) is 19.1. The Bertz CT molecular complexity index is 1280. The van der Waals surface area contributed by atoms with Crippen LogP contribution in [0, 0.1) is 0 Å². The third-order valence-corrected chi connectivity index (χ3v) is 6.06. The molecular weight excluding hydrogens is 414 g/mol. The topological polar surface area (TPSA) is 48.2 Å². The molecule has 0 aliphatic carbocycles. The molecule has 0 bridgehead atoms. The average Bonchev–Trinajstić information content (AvgIpc) is 3.43. The predicted octanol–water partition coefficient (Wildman–Crippen LogP) is 5.06. The molecule has 6 heteroatoms. The summed E-state index contributed by atoms with van der Waals surface area (Å²) in [6.45, 7) is 2.61. The van der Waals surface area contributed by atoms with E-state index < -0.39 is 0 Å². The summed E-state index contributed by atoms with van der Waals surface area (Å²) in [6, 6.07) is 18.3. The van der Waals surface area contributed by atoms with Gasteiger partial charge in [0, 0.05) is 31.4 Å². The van der Waals surface area contributed by atoms with Gasteiger partial charge < -0.3 is 14.2 Å². The van der Waals surface area contributed by atoms with Crippen molar-refractivity contribution < 1.29 is 14.2 Å². The van der Waals surface area contributed by atoms with Gasteiger partial charge in [-0.2, -0.15) is 0 Å². The molecule has 1 aliphatic rings. The van der Waals surface area contributed by atoms with Crippen molar-refractivity contribution in [3.63, 3.8) is 0 Å². The van der Waals surface area contributed by atoms with Gasteiger partial charge in [-0.3, -0.25) is 9.30 Å². The number of fused-ring (bicyclic) bond motifs is 2. The number of hydrogen-bond donors (Lipinski definition) is 0. The Balaban J connectivity index is 1.39. The van der Waals surface area contributed by atoms with Crippen molar-refractivity contribution in [3.8, 4) is 28.5 Å². The SMILES string of the molecule is COc1ccc(-c2nc3ccccn3c2/C=C/CN2Cc3cc(OC)c(OC)cc3C2)cc1. The Morgan fingerprint density at radius 2 is 1.58 bits per heavy atom. The molecule has 0 N–H and O–H groups in total. The quantitative estimate of drug-likeness (QED) is 0.401. The van der Waals surface area contributed by atoms with E-state index in [0.29, 0.717) is 0 Å². The van der Waals surface area contributed by atoms with Crippen LogP contribution in [0.3, 0.4) is 0 Å². The van der Waals surface area contributed by atoms with Crippen molar-refractivity contribution in [1.29, 1.82) is 0 Å². The van der Waals surface area contributed by atoms with E-state index in [1.165, 1.54) is 11.1 Å².